The first-order valence-corrected chi connectivity index (χ1v) is 32.0. The van der Waals surface area contributed by atoms with Gasteiger partial charge in [-0.1, -0.05) is 328 Å². The molecule has 416 valence electrons. The third kappa shape index (κ3) is 55.9. The largest absolute Gasteiger partial charge is 0.466 e. The lowest BCUT2D eigenvalue weighted by Gasteiger charge is -2.20. The van der Waals surface area contributed by atoms with Crippen molar-refractivity contribution in [3.05, 3.63) is 12.2 Å². The molecule has 3 N–H and O–H groups in total. The standard InChI is InChI=1S/C64H125NO5/c1-3-5-7-9-11-13-15-17-19-20-21-22-25-29-32-36-40-44-48-52-56-62(67)61(60-66)65-63(68)57-53-49-45-41-37-33-30-26-23-24-27-31-35-39-43-47-51-55-59-70-64(69)58-54-50-46-42-38-34-28-18-16-14-12-10-8-6-4-2/h52,56,61-62,66-67H,3-51,53-55,57-60H2,1-2H3,(H,65,68)/b56-52+. The second-order valence-corrected chi connectivity index (χ2v) is 22.1. The number of aliphatic hydroxyl groups is 2. The minimum Gasteiger partial charge on any atom is -0.466 e. The Morgan fingerprint density at radius 1 is 0.386 bits per heavy atom. The first-order valence-electron chi connectivity index (χ1n) is 32.0. The number of unbranched alkanes of at least 4 members (excludes halogenated alkanes) is 49. The normalized spacial score (nSPS) is 12.6. The first-order chi connectivity index (χ1) is 34.5. The molecule has 1 amide bonds. The average molecular weight is 989 g/mol. The summed E-state index contributed by atoms with van der Waals surface area (Å²) in [5, 5.41) is 23.2. The van der Waals surface area contributed by atoms with Gasteiger partial charge in [0.2, 0.25) is 5.91 Å². The van der Waals surface area contributed by atoms with Crippen molar-refractivity contribution in [2.24, 2.45) is 0 Å². The smallest absolute Gasteiger partial charge is 0.305 e. The number of carbonyl (C=O) groups excluding carboxylic acids is 2. The van der Waals surface area contributed by atoms with E-state index in [9.17, 15) is 19.8 Å². The molecule has 0 fully saturated rings. The van der Waals surface area contributed by atoms with Crippen LogP contribution in [-0.2, 0) is 14.3 Å². The van der Waals surface area contributed by atoms with Crippen LogP contribution in [0.4, 0.5) is 0 Å². The van der Waals surface area contributed by atoms with E-state index >= 15 is 0 Å². The quantitative estimate of drug-likeness (QED) is 0.0321. The number of nitrogens with one attached hydrogen (secondary N) is 1. The fraction of sp³-hybridized carbons (Fsp3) is 0.938. The second kappa shape index (κ2) is 60.2. The molecular weight excluding hydrogens is 863 g/mol. The zero-order chi connectivity index (χ0) is 50.7. The molecule has 0 aromatic rings. The number of aliphatic hydroxyl groups excluding tert-OH is 2. The van der Waals surface area contributed by atoms with Gasteiger partial charge < -0.3 is 20.3 Å². The summed E-state index contributed by atoms with van der Waals surface area (Å²) >= 11 is 0. The SMILES string of the molecule is CCCCCCCCCCCCCCCCCCCC/C=C/C(O)C(CO)NC(=O)CCCCCCCCCCCCCCCCCCCCOC(=O)CCCCCCCCCCCCCCCCC. The topological polar surface area (TPSA) is 95.9 Å². The van der Waals surface area contributed by atoms with Crippen LogP contribution >= 0.6 is 0 Å². The molecule has 0 saturated carbocycles. The van der Waals surface area contributed by atoms with Crippen molar-refractivity contribution in [3.63, 3.8) is 0 Å². The predicted molar refractivity (Wildman–Crippen MR) is 306 cm³/mol. The maximum atomic E-state index is 12.5. The Morgan fingerprint density at radius 3 is 0.971 bits per heavy atom. The zero-order valence-corrected chi connectivity index (χ0v) is 47.5. The third-order valence-corrected chi connectivity index (χ3v) is 15.1. The van der Waals surface area contributed by atoms with Crippen molar-refractivity contribution in [2.45, 2.75) is 373 Å². The molecule has 0 heterocycles. The number of allylic oxidation sites excluding steroid dienone is 1. The zero-order valence-electron chi connectivity index (χ0n) is 47.5. The van der Waals surface area contributed by atoms with Crippen molar-refractivity contribution in [2.75, 3.05) is 13.2 Å². The highest BCUT2D eigenvalue weighted by Crippen LogP contribution is 2.18. The molecule has 0 rings (SSSR count). The number of hydrogen-bond acceptors (Lipinski definition) is 5. The fourth-order valence-corrected chi connectivity index (χ4v) is 10.2. The van der Waals surface area contributed by atoms with Crippen LogP contribution in [0.3, 0.4) is 0 Å². The Balaban J connectivity index is 3.42. The van der Waals surface area contributed by atoms with Crippen LogP contribution in [-0.4, -0.2) is 47.4 Å². The van der Waals surface area contributed by atoms with Crippen LogP contribution in [0.25, 0.3) is 0 Å². The van der Waals surface area contributed by atoms with Gasteiger partial charge >= 0.3 is 5.97 Å². The highest BCUT2D eigenvalue weighted by atomic mass is 16.5. The van der Waals surface area contributed by atoms with Gasteiger partial charge in [0, 0.05) is 12.8 Å². The molecule has 0 aliphatic rings. The highest BCUT2D eigenvalue weighted by molar-refractivity contribution is 5.76. The van der Waals surface area contributed by atoms with Crippen molar-refractivity contribution >= 4 is 11.9 Å². The van der Waals surface area contributed by atoms with Gasteiger partial charge in [-0.25, -0.2) is 0 Å². The molecule has 0 saturated heterocycles. The summed E-state index contributed by atoms with van der Waals surface area (Å²) in [6.45, 7) is 4.93. The maximum Gasteiger partial charge on any atom is 0.305 e. The van der Waals surface area contributed by atoms with Gasteiger partial charge in [0.05, 0.1) is 25.4 Å². The van der Waals surface area contributed by atoms with Crippen LogP contribution in [0.2, 0.25) is 0 Å². The van der Waals surface area contributed by atoms with Gasteiger partial charge in [-0.3, -0.25) is 9.59 Å². The van der Waals surface area contributed by atoms with Gasteiger partial charge in [0.25, 0.3) is 0 Å². The lowest BCUT2D eigenvalue weighted by Crippen LogP contribution is -2.45. The lowest BCUT2D eigenvalue weighted by atomic mass is 10.0. The molecule has 2 unspecified atom stereocenters. The molecular formula is C64H125NO5. The van der Waals surface area contributed by atoms with E-state index < -0.39 is 12.1 Å². The van der Waals surface area contributed by atoms with E-state index in [-0.39, 0.29) is 18.5 Å². The van der Waals surface area contributed by atoms with E-state index in [0.717, 1.165) is 38.5 Å². The van der Waals surface area contributed by atoms with Crippen LogP contribution < -0.4 is 5.32 Å². The molecule has 0 bridgehead atoms. The van der Waals surface area contributed by atoms with Gasteiger partial charge in [-0.05, 0) is 32.1 Å². The molecule has 2 atom stereocenters. The minimum atomic E-state index is -0.847. The molecule has 0 radical (unpaired) electrons. The van der Waals surface area contributed by atoms with E-state index in [1.54, 1.807) is 6.08 Å². The highest BCUT2D eigenvalue weighted by Gasteiger charge is 2.18. The van der Waals surface area contributed by atoms with E-state index in [1.807, 2.05) is 6.08 Å². The summed E-state index contributed by atoms with van der Waals surface area (Å²) in [5.74, 6) is -0.0577. The summed E-state index contributed by atoms with van der Waals surface area (Å²) in [4.78, 5) is 24.6. The number of amides is 1. The van der Waals surface area contributed by atoms with Crippen molar-refractivity contribution in [3.8, 4) is 0 Å². The number of carbonyl (C=O) groups is 2. The maximum absolute atomic E-state index is 12.5. The third-order valence-electron chi connectivity index (χ3n) is 15.1. The summed E-state index contributed by atoms with van der Waals surface area (Å²) in [5.41, 5.74) is 0. The van der Waals surface area contributed by atoms with E-state index in [0.29, 0.717) is 19.4 Å². The van der Waals surface area contributed by atoms with Crippen LogP contribution in [0.15, 0.2) is 12.2 Å². The summed E-state index contributed by atoms with van der Waals surface area (Å²) in [6, 6.07) is -0.631. The monoisotopic (exact) mass is 988 g/mol. The Labute approximate surface area is 438 Å². The molecule has 0 aromatic carbocycles. The summed E-state index contributed by atoms with van der Waals surface area (Å²) in [7, 11) is 0. The predicted octanol–water partition coefficient (Wildman–Crippen LogP) is 20.0. The molecule has 6 heteroatoms. The summed E-state index contributed by atoms with van der Waals surface area (Å²) < 4.78 is 5.49. The van der Waals surface area contributed by atoms with Crippen LogP contribution in [0.5, 0.6) is 0 Å². The van der Waals surface area contributed by atoms with Gasteiger partial charge in [0.1, 0.15) is 0 Å². The second-order valence-electron chi connectivity index (χ2n) is 22.1. The van der Waals surface area contributed by atoms with E-state index in [2.05, 4.69) is 19.2 Å². The number of ether oxygens (including phenoxy) is 1. The van der Waals surface area contributed by atoms with Gasteiger partial charge in [-0.2, -0.15) is 0 Å². The van der Waals surface area contributed by atoms with Crippen LogP contribution in [0.1, 0.15) is 361 Å². The Morgan fingerprint density at radius 2 is 0.657 bits per heavy atom. The fourth-order valence-electron chi connectivity index (χ4n) is 10.2. The molecule has 0 spiro atoms. The Hall–Kier alpha value is -1.40. The Kier molecular flexibility index (Phi) is 59.0. The molecule has 6 nitrogen and oxygen atoms in total. The van der Waals surface area contributed by atoms with Crippen LogP contribution in [0, 0.1) is 0 Å². The van der Waals surface area contributed by atoms with E-state index in [1.165, 1.54) is 295 Å². The molecule has 0 aliphatic heterocycles. The first kappa shape index (κ1) is 68.6. The lowest BCUT2D eigenvalue weighted by molar-refractivity contribution is -0.143. The van der Waals surface area contributed by atoms with Crippen molar-refractivity contribution < 1.29 is 24.5 Å². The van der Waals surface area contributed by atoms with Gasteiger partial charge in [-0.15, -0.1) is 0 Å². The molecule has 0 aromatic heterocycles. The van der Waals surface area contributed by atoms with Gasteiger partial charge in [0.15, 0.2) is 0 Å². The number of esters is 1. The molecule has 0 aliphatic carbocycles. The average Bonchev–Trinajstić information content (AvgIpc) is 3.36. The number of hydrogen-bond donors (Lipinski definition) is 3. The Bertz CT molecular complexity index is 1050. The minimum absolute atomic E-state index is 0.0103. The number of rotatable bonds is 60. The molecule has 70 heavy (non-hydrogen) atoms. The van der Waals surface area contributed by atoms with Crippen molar-refractivity contribution in [1.29, 1.82) is 0 Å². The summed E-state index contributed by atoms with van der Waals surface area (Å²) in [6.07, 6.45) is 72.5. The van der Waals surface area contributed by atoms with Crippen molar-refractivity contribution in [1.82, 2.24) is 5.32 Å². The van der Waals surface area contributed by atoms with E-state index in [4.69, 9.17) is 4.74 Å².